The molecule has 2 unspecified atom stereocenters. The van der Waals surface area contributed by atoms with Crippen LogP contribution in [0.4, 0.5) is 4.39 Å². The van der Waals surface area contributed by atoms with Crippen LogP contribution in [0.1, 0.15) is 0 Å². The molecule has 0 radical (unpaired) electrons. The first-order valence-electron chi connectivity index (χ1n) is 3.51. The summed E-state index contributed by atoms with van der Waals surface area (Å²) >= 11 is 0. The van der Waals surface area contributed by atoms with Gasteiger partial charge in [-0.1, -0.05) is 0 Å². The topological polar surface area (TPSA) is 101 Å². The number of alkyl halides is 1. The van der Waals surface area contributed by atoms with Gasteiger partial charge in [0, 0.05) is 0 Å². The van der Waals surface area contributed by atoms with Gasteiger partial charge >= 0.3 is 0 Å². The van der Waals surface area contributed by atoms with Crippen LogP contribution in [-0.4, -0.2) is 62.2 Å². The summed E-state index contributed by atoms with van der Waals surface area (Å²) in [6.07, 6.45) is -11.1. The highest BCUT2D eigenvalue weighted by atomic mass is 18.2. The van der Waals surface area contributed by atoms with Crippen molar-refractivity contribution < 1.29 is 29.9 Å². The third kappa shape index (κ3) is 1.32. The molecule has 5 nitrogen and oxygen atoms in total. The SMILES string of the molecule is OC1[C@@H](O)[C@H](O)C([18F])[C@H](O)[C@H]1O. The predicted octanol–water partition coefficient (Wildman–Crippen LogP) is -2.86. The van der Waals surface area contributed by atoms with Crippen LogP contribution in [-0.2, 0) is 0 Å². The molecule has 0 aromatic carbocycles. The molecule has 72 valence electrons. The van der Waals surface area contributed by atoms with Crippen LogP contribution in [0.25, 0.3) is 0 Å². The summed E-state index contributed by atoms with van der Waals surface area (Å²) in [6, 6.07) is 0. The fourth-order valence-electron chi connectivity index (χ4n) is 1.18. The molecule has 0 aromatic heterocycles. The molecule has 1 saturated carbocycles. The Morgan fingerprint density at radius 3 is 1.17 bits per heavy atom. The van der Waals surface area contributed by atoms with Crippen LogP contribution in [0.2, 0.25) is 0 Å². The second kappa shape index (κ2) is 3.23. The number of aliphatic hydroxyl groups excluding tert-OH is 5. The molecule has 5 N–H and O–H groups in total. The Labute approximate surface area is 67.7 Å². The zero-order valence-corrected chi connectivity index (χ0v) is 6.08. The molecule has 12 heavy (non-hydrogen) atoms. The summed E-state index contributed by atoms with van der Waals surface area (Å²) in [7, 11) is 0. The van der Waals surface area contributed by atoms with Crippen LogP contribution >= 0.6 is 0 Å². The molecule has 6 heteroatoms. The minimum Gasteiger partial charge on any atom is -0.387 e. The highest BCUT2D eigenvalue weighted by molar-refractivity contribution is 4.98. The zero-order chi connectivity index (χ0) is 9.46. The molecule has 0 spiro atoms. The molecule has 0 bridgehead atoms. The fourth-order valence-corrected chi connectivity index (χ4v) is 1.18. The molecule has 1 rings (SSSR count). The van der Waals surface area contributed by atoms with E-state index in [0.717, 1.165) is 0 Å². The largest absolute Gasteiger partial charge is 0.387 e. The highest BCUT2D eigenvalue weighted by Crippen LogP contribution is 2.23. The van der Waals surface area contributed by atoms with E-state index in [0.29, 0.717) is 0 Å². The summed E-state index contributed by atoms with van der Waals surface area (Å²) in [5, 5.41) is 44.4. The maximum Gasteiger partial charge on any atom is 0.157 e. The van der Waals surface area contributed by atoms with Gasteiger partial charge in [0.1, 0.15) is 30.5 Å². The van der Waals surface area contributed by atoms with Crippen LogP contribution in [0.5, 0.6) is 0 Å². The third-order valence-corrected chi connectivity index (χ3v) is 2.05. The Hall–Kier alpha value is -0.270. The van der Waals surface area contributed by atoms with Crippen LogP contribution in [0.15, 0.2) is 0 Å². The zero-order valence-electron chi connectivity index (χ0n) is 6.08. The Kier molecular flexibility index (Phi) is 2.64. The Bertz CT molecular complexity index is 107. The molecule has 6 atom stereocenters. The molecular weight excluding hydrogens is 170 g/mol. The summed E-state index contributed by atoms with van der Waals surface area (Å²) in [6.45, 7) is 0. The van der Waals surface area contributed by atoms with Gasteiger partial charge in [0.2, 0.25) is 0 Å². The van der Waals surface area contributed by atoms with Crippen LogP contribution in [0, 0.1) is 0 Å². The van der Waals surface area contributed by atoms with E-state index in [1.54, 1.807) is 0 Å². The Morgan fingerprint density at radius 2 is 0.833 bits per heavy atom. The average molecular weight is 181 g/mol. The minimum atomic E-state index is -2.14. The number of hydrogen-bond donors (Lipinski definition) is 5. The van der Waals surface area contributed by atoms with Crippen molar-refractivity contribution in [2.45, 2.75) is 36.7 Å². The average Bonchev–Trinajstić information content (AvgIpc) is 2.08. The van der Waals surface area contributed by atoms with E-state index in [-0.39, 0.29) is 0 Å². The highest BCUT2D eigenvalue weighted by Gasteiger charge is 2.48. The van der Waals surface area contributed by atoms with Crippen molar-refractivity contribution >= 4 is 0 Å². The van der Waals surface area contributed by atoms with Gasteiger partial charge in [0.05, 0.1) is 0 Å². The lowest BCUT2D eigenvalue weighted by molar-refractivity contribution is -0.206. The van der Waals surface area contributed by atoms with E-state index in [1.165, 1.54) is 0 Å². The second-order valence-electron chi connectivity index (χ2n) is 2.90. The molecule has 0 aliphatic heterocycles. The van der Waals surface area contributed by atoms with Gasteiger partial charge in [0.15, 0.2) is 6.17 Å². The van der Waals surface area contributed by atoms with Crippen molar-refractivity contribution in [3.05, 3.63) is 0 Å². The van der Waals surface area contributed by atoms with Crippen LogP contribution in [0.3, 0.4) is 0 Å². The van der Waals surface area contributed by atoms with Crippen molar-refractivity contribution in [3.8, 4) is 0 Å². The first-order chi connectivity index (χ1) is 5.46. The van der Waals surface area contributed by atoms with Crippen molar-refractivity contribution in [2.24, 2.45) is 0 Å². The first kappa shape index (κ1) is 9.82. The summed E-state index contributed by atoms with van der Waals surface area (Å²) in [5.74, 6) is 0. The van der Waals surface area contributed by atoms with E-state index >= 15 is 0 Å². The van der Waals surface area contributed by atoms with Crippen LogP contribution < -0.4 is 0 Å². The number of aliphatic hydroxyl groups is 5. The predicted molar refractivity (Wildman–Crippen MR) is 34.9 cm³/mol. The summed E-state index contributed by atoms with van der Waals surface area (Å²) in [4.78, 5) is 0. The van der Waals surface area contributed by atoms with Gasteiger partial charge < -0.3 is 25.5 Å². The van der Waals surface area contributed by atoms with Gasteiger partial charge in [-0.05, 0) is 0 Å². The number of halogens is 1. The number of hydrogen-bond acceptors (Lipinski definition) is 5. The molecule has 1 fully saturated rings. The maximum absolute atomic E-state index is 12.7. The summed E-state index contributed by atoms with van der Waals surface area (Å²) in [5.41, 5.74) is 0. The normalized spacial score (nSPS) is 55.5. The number of rotatable bonds is 0. The van der Waals surface area contributed by atoms with Crippen molar-refractivity contribution in [3.63, 3.8) is 0 Å². The molecule has 0 heterocycles. The summed E-state index contributed by atoms with van der Waals surface area (Å²) < 4.78 is 12.7. The lowest BCUT2D eigenvalue weighted by atomic mass is 9.86. The molecular formula is C6H11FO5. The molecule has 0 aromatic rings. The first-order valence-corrected chi connectivity index (χ1v) is 3.51. The monoisotopic (exact) mass is 181 g/mol. The lowest BCUT2D eigenvalue weighted by Gasteiger charge is -2.38. The lowest BCUT2D eigenvalue weighted by Crippen LogP contribution is -2.62. The van der Waals surface area contributed by atoms with E-state index in [1.807, 2.05) is 0 Å². The van der Waals surface area contributed by atoms with E-state index in [2.05, 4.69) is 0 Å². The van der Waals surface area contributed by atoms with Gasteiger partial charge in [0.25, 0.3) is 0 Å². The second-order valence-corrected chi connectivity index (χ2v) is 2.90. The maximum atomic E-state index is 12.7. The van der Waals surface area contributed by atoms with Gasteiger partial charge in [-0.3, -0.25) is 0 Å². The van der Waals surface area contributed by atoms with E-state index in [9.17, 15) is 4.39 Å². The van der Waals surface area contributed by atoms with Crippen molar-refractivity contribution in [1.82, 2.24) is 0 Å². The standard InChI is InChI=1S/C6H11FO5/c7-1-2(8)4(10)6(12)5(11)3(1)9/h1-6,8-12H/t1?,2-,3+,4+,5-,6?/i7-1. The van der Waals surface area contributed by atoms with E-state index in [4.69, 9.17) is 25.5 Å². The van der Waals surface area contributed by atoms with Gasteiger partial charge in [-0.15, -0.1) is 0 Å². The molecule has 0 amide bonds. The molecule has 0 saturated heterocycles. The van der Waals surface area contributed by atoms with Crippen molar-refractivity contribution in [1.29, 1.82) is 0 Å². The smallest absolute Gasteiger partial charge is 0.157 e. The van der Waals surface area contributed by atoms with E-state index < -0.39 is 36.7 Å². The minimum absolute atomic E-state index is 1.72. The Morgan fingerprint density at radius 1 is 0.583 bits per heavy atom. The Balaban J connectivity index is 2.76. The molecule has 1 aliphatic carbocycles. The van der Waals surface area contributed by atoms with Gasteiger partial charge in [-0.25, -0.2) is 4.39 Å². The van der Waals surface area contributed by atoms with Gasteiger partial charge in [-0.2, -0.15) is 0 Å². The quantitative estimate of drug-likeness (QED) is 0.277. The fraction of sp³-hybridized carbons (Fsp3) is 1.00. The molecule has 1 aliphatic rings. The van der Waals surface area contributed by atoms with Crippen molar-refractivity contribution in [2.75, 3.05) is 0 Å². The third-order valence-electron chi connectivity index (χ3n) is 2.05.